The summed E-state index contributed by atoms with van der Waals surface area (Å²) in [6.45, 7) is 1.46. The minimum atomic E-state index is -0.896. The highest BCUT2D eigenvalue weighted by molar-refractivity contribution is 6.32. The van der Waals surface area contributed by atoms with Crippen molar-refractivity contribution in [2.24, 2.45) is 0 Å². The highest BCUT2D eigenvalue weighted by Gasteiger charge is 2.02. The molecule has 0 saturated heterocycles. The van der Waals surface area contributed by atoms with Gasteiger partial charge in [0, 0.05) is 10.6 Å². The Morgan fingerprint density at radius 1 is 1.44 bits per heavy atom. The zero-order valence-electron chi connectivity index (χ0n) is 8.74. The van der Waals surface area contributed by atoms with Gasteiger partial charge in [-0.25, -0.2) is 0 Å². The van der Waals surface area contributed by atoms with Gasteiger partial charge in [-0.15, -0.1) is 0 Å². The maximum atomic E-state index is 11.1. The number of carbonyl (C=O) groups excluding carboxylic acids is 1. The van der Waals surface area contributed by atoms with Crippen molar-refractivity contribution in [3.05, 3.63) is 40.4 Å². The third-order valence-corrected chi connectivity index (χ3v) is 2.32. The van der Waals surface area contributed by atoms with Crippen LogP contribution in [0.4, 0.5) is 0 Å². The quantitative estimate of drug-likeness (QED) is 0.821. The Labute approximate surface area is 98.4 Å². The summed E-state index contributed by atoms with van der Waals surface area (Å²) in [6.07, 6.45) is 3.09. The van der Waals surface area contributed by atoms with E-state index in [2.05, 4.69) is 0 Å². The number of aliphatic carboxylic acids is 1. The molecule has 0 aliphatic carbocycles. The Kier molecular flexibility index (Phi) is 4.26. The lowest BCUT2D eigenvalue weighted by Gasteiger charge is -2.00. The average Bonchev–Trinajstić information content (AvgIpc) is 2.19. The molecule has 1 rings (SSSR count). The fourth-order valence-corrected chi connectivity index (χ4v) is 1.41. The lowest BCUT2D eigenvalue weighted by Crippen LogP contribution is -1.92. The molecule has 0 heterocycles. The van der Waals surface area contributed by atoms with Crippen molar-refractivity contribution in [2.45, 2.75) is 13.3 Å². The van der Waals surface area contributed by atoms with E-state index in [9.17, 15) is 9.59 Å². The fraction of sp³-hybridized carbons (Fsp3) is 0.167. The highest BCUT2D eigenvalue weighted by Crippen LogP contribution is 2.19. The van der Waals surface area contributed by atoms with Gasteiger partial charge >= 0.3 is 5.97 Å². The van der Waals surface area contributed by atoms with Gasteiger partial charge in [0.15, 0.2) is 5.78 Å². The van der Waals surface area contributed by atoms with Gasteiger partial charge in [0.25, 0.3) is 0 Å². The van der Waals surface area contributed by atoms with Crippen molar-refractivity contribution in [1.82, 2.24) is 0 Å². The zero-order chi connectivity index (χ0) is 12.1. The molecule has 0 aliphatic rings. The van der Waals surface area contributed by atoms with Gasteiger partial charge in [-0.1, -0.05) is 35.9 Å². The Hall–Kier alpha value is -1.61. The number of Topliss-reactive ketones (excluding diaryl/α,β-unsaturated/α-hetero) is 1. The maximum Gasteiger partial charge on any atom is 0.307 e. The first-order valence-electron chi connectivity index (χ1n) is 4.69. The third kappa shape index (κ3) is 3.51. The van der Waals surface area contributed by atoms with Gasteiger partial charge in [-0.05, 0) is 18.6 Å². The third-order valence-electron chi connectivity index (χ3n) is 2.00. The van der Waals surface area contributed by atoms with Crippen molar-refractivity contribution in [2.75, 3.05) is 0 Å². The number of hydrogen-bond donors (Lipinski definition) is 1. The summed E-state index contributed by atoms with van der Waals surface area (Å²) in [4.78, 5) is 21.3. The van der Waals surface area contributed by atoms with Crippen LogP contribution in [-0.4, -0.2) is 16.9 Å². The molecule has 1 N–H and O–H groups in total. The van der Waals surface area contributed by atoms with Crippen molar-refractivity contribution >= 4 is 29.4 Å². The molecule has 0 fully saturated rings. The van der Waals surface area contributed by atoms with Crippen LogP contribution in [0.2, 0.25) is 5.02 Å². The van der Waals surface area contributed by atoms with Crippen molar-refractivity contribution in [1.29, 1.82) is 0 Å². The van der Waals surface area contributed by atoms with Crippen molar-refractivity contribution < 1.29 is 14.7 Å². The Morgan fingerprint density at radius 3 is 2.62 bits per heavy atom. The summed E-state index contributed by atoms with van der Waals surface area (Å²) in [5.74, 6) is -0.948. The molecule has 3 nitrogen and oxygen atoms in total. The fourth-order valence-electron chi connectivity index (χ4n) is 1.17. The summed E-state index contributed by atoms with van der Waals surface area (Å²) in [7, 11) is 0. The lowest BCUT2D eigenvalue weighted by atomic mass is 10.1. The minimum absolute atomic E-state index is 0.0508. The normalized spacial score (nSPS) is 10.6. The van der Waals surface area contributed by atoms with Gasteiger partial charge < -0.3 is 5.11 Å². The van der Waals surface area contributed by atoms with Gasteiger partial charge in [-0.3, -0.25) is 9.59 Å². The number of benzene rings is 1. The summed E-state index contributed by atoms with van der Waals surface area (Å²) >= 11 is 5.94. The number of rotatable bonds is 4. The van der Waals surface area contributed by atoms with E-state index in [1.807, 2.05) is 0 Å². The molecule has 0 saturated carbocycles. The Morgan fingerprint density at radius 2 is 2.12 bits per heavy atom. The number of carboxylic acids is 1. The van der Waals surface area contributed by atoms with Crippen LogP contribution in [0.15, 0.2) is 24.3 Å². The Bertz CT molecular complexity index is 450. The zero-order valence-corrected chi connectivity index (χ0v) is 9.49. The molecule has 1 aromatic carbocycles. The Balaban J connectivity index is 2.87. The molecule has 0 bridgehead atoms. The molecular weight excluding hydrogens is 228 g/mol. The monoisotopic (exact) mass is 238 g/mol. The van der Waals surface area contributed by atoms with E-state index in [1.165, 1.54) is 13.0 Å². The van der Waals surface area contributed by atoms with Crippen LogP contribution in [0.25, 0.3) is 6.08 Å². The smallest absolute Gasteiger partial charge is 0.307 e. The molecule has 0 amide bonds. The maximum absolute atomic E-state index is 11.1. The summed E-state index contributed by atoms with van der Waals surface area (Å²) in [5, 5.41) is 8.89. The molecule has 0 aliphatic heterocycles. The van der Waals surface area contributed by atoms with Gasteiger partial charge in [0.05, 0.1) is 6.42 Å². The number of halogens is 1. The largest absolute Gasteiger partial charge is 0.481 e. The minimum Gasteiger partial charge on any atom is -0.481 e. The predicted octanol–water partition coefficient (Wildman–Crippen LogP) is 3.03. The average molecular weight is 239 g/mol. The van der Waals surface area contributed by atoms with E-state index in [0.717, 1.165) is 0 Å². The van der Waals surface area contributed by atoms with Crippen LogP contribution in [0.5, 0.6) is 0 Å². The molecule has 0 radical (unpaired) electrons. The number of carbonyl (C=O) groups is 2. The molecule has 0 atom stereocenters. The first-order chi connectivity index (χ1) is 7.50. The van der Waals surface area contributed by atoms with E-state index in [-0.39, 0.29) is 12.2 Å². The lowest BCUT2D eigenvalue weighted by molar-refractivity contribution is -0.135. The van der Waals surface area contributed by atoms with Crippen LogP contribution >= 0.6 is 11.6 Å². The molecular formula is C12H11ClO3. The van der Waals surface area contributed by atoms with E-state index < -0.39 is 5.97 Å². The van der Waals surface area contributed by atoms with E-state index in [0.29, 0.717) is 16.1 Å². The molecule has 4 heteroatoms. The molecule has 1 aromatic rings. The topological polar surface area (TPSA) is 54.4 Å². The second-order valence-electron chi connectivity index (χ2n) is 3.29. The summed E-state index contributed by atoms with van der Waals surface area (Å²) in [5.41, 5.74) is 1.24. The number of ketones is 1. The SMILES string of the molecule is CC(=O)c1ccc(C=CCC(=O)O)c(Cl)c1. The predicted molar refractivity (Wildman–Crippen MR) is 62.7 cm³/mol. The second-order valence-corrected chi connectivity index (χ2v) is 3.70. The van der Waals surface area contributed by atoms with Crippen LogP contribution in [-0.2, 0) is 4.79 Å². The van der Waals surface area contributed by atoms with Crippen LogP contribution in [0.1, 0.15) is 29.3 Å². The standard InChI is InChI=1S/C12H11ClO3/c1-8(14)10-6-5-9(11(13)7-10)3-2-4-12(15)16/h2-3,5-7H,4H2,1H3,(H,15,16). The number of hydrogen-bond acceptors (Lipinski definition) is 2. The van der Waals surface area contributed by atoms with Gasteiger partial charge in [0.2, 0.25) is 0 Å². The summed E-state index contributed by atoms with van der Waals surface area (Å²) in [6, 6.07) is 4.93. The first-order valence-corrected chi connectivity index (χ1v) is 5.07. The molecule has 16 heavy (non-hydrogen) atoms. The molecule has 0 unspecified atom stereocenters. The van der Waals surface area contributed by atoms with Crippen LogP contribution in [0, 0.1) is 0 Å². The van der Waals surface area contributed by atoms with Crippen LogP contribution in [0.3, 0.4) is 0 Å². The summed E-state index contributed by atoms with van der Waals surface area (Å²) < 4.78 is 0. The van der Waals surface area contributed by atoms with Crippen LogP contribution < -0.4 is 0 Å². The van der Waals surface area contributed by atoms with E-state index in [4.69, 9.17) is 16.7 Å². The van der Waals surface area contributed by atoms with Crippen molar-refractivity contribution in [3.8, 4) is 0 Å². The molecule has 84 valence electrons. The number of carboxylic acid groups (broad SMARTS) is 1. The second kappa shape index (κ2) is 5.47. The van der Waals surface area contributed by atoms with Crippen molar-refractivity contribution in [3.63, 3.8) is 0 Å². The van der Waals surface area contributed by atoms with E-state index in [1.54, 1.807) is 24.3 Å². The van der Waals surface area contributed by atoms with E-state index >= 15 is 0 Å². The van der Waals surface area contributed by atoms with Gasteiger partial charge in [0.1, 0.15) is 0 Å². The molecule has 0 aromatic heterocycles. The first kappa shape index (κ1) is 12.5. The van der Waals surface area contributed by atoms with Gasteiger partial charge in [-0.2, -0.15) is 0 Å². The molecule has 0 spiro atoms. The highest BCUT2D eigenvalue weighted by atomic mass is 35.5.